The van der Waals surface area contributed by atoms with Crippen LogP contribution in [0.4, 0.5) is 0 Å². The molecule has 1 aliphatic rings. The molecule has 3 heteroatoms. The lowest BCUT2D eigenvalue weighted by Gasteiger charge is -2.36. The molecule has 19 heavy (non-hydrogen) atoms. The van der Waals surface area contributed by atoms with Gasteiger partial charge in [-0.3, -0.25) is 4.90 Å². The van der Waals surface area contributed by atoms with E-state index in [0.717, 1.165) is 28.7 Å². The van der Waals surface area contributed by atoms with Crippen LogP contribution in [-0.4, -0.2) is 22.6 Å². The van der Waals surface area contributed by atoms with Gasteiger partial charge in [-0.05, 0) is 50.4 Å². The average Bonchev–Trinajstić information content (AvgIpc) is 2.38. The summed E-state index contributed by atoms with van der Waals surface area (Å²) in [6.45, 7) is 6.25. The molecule has 1 aromatic carbocycles. The van der Waals surface area contributed by atoms with Crippen LogP contribution in [0, 0.1) is 6.92 Å². The minimum Gasteiger partial charge on any atom is -0.507 e. The number of benzene rings is 1. The standard InChI is InChI=1S/C16H24BrNO/c1-3-6-15-7-4-5-8-18(15)11-13-10-14(17)9-12(2)16(13)19/h9-10,15,19H,3-8,11H2,1-2H3. The molecule has 1 atom stereocenters. The summed E-state index contributed by atoms with van der Waals surface area (Å²) in [4.78, 5) is 2.55. The van der Waals surface area contributed by atoms with E-state index in [0.29, 0.717) is 11.8 Å². The molecule has 0 aromatic heterocycles. The van der Waals surface area contributed by atoms with Crippen LogP contribution >= 0.6 is 15.9 Å². The topological polar surface area (TPSA) is 23.5 Å². The minimum absolute atomic E-state index is 0.462. The fourth-order valence-electron chi connectivity index (χ4n) is 3.07. The van der Waals surface area contributed by atoms with Gasteiger partial charge >= 0.3 is 0 Å². The Balaban J connectivity index is 2.14. The lowest BCUT2D eigenvalue weighted by molar-refractivity contribution is 0.130. The number of aromatic hydroxyl groups is 1. The fourth-order valence-corrected chi connectivity index (χ4v) is 3.69. The molecule has 0 spiro atoms. The molecule has 106 valence electrons. The van der Waals surface area contributed by atoms with Gasteiger partial charge in [-0.15, -0.1) is 0 Å². The molecule has 2 rings (SSSR count). The van der Waals surface area contributed by atoms with Crippen molar-refractivity contribution in [2.75, 3.05) is 6.54 Å². The summed E-state index contributed by atoms with van der Waals surface area (Å²) < 4.78 is 1.06. The Morgan fingerprint density at radius 2 is 2.16 bits per heavy atom. The first-order chi connectivity index (χ1) is 9.11. The number of hydrogen-bond donors (Lipinski definition) is 1. The summed E-state index contributed by atoms with van der Waals surface area (Å²) in [6, 6.07) is 4.72. The van der Waals surface area contributed by atoms with E-state index in [1.807, 2.05) is 13.0 Å². The van der Waals surface area contributed by atoms with E-state index < -0.39 is 0 Å². The van der Waals surface area contributed by atoms with Crippen LogP contribution in [0.2, 0.25) is 0 Å². The van der Waals surface area contributed by atoms with Gasteiger partial charge in [0.2, 0.25) is 0 Å². The zero-order valence-corrected chi connectivity index (χ0v) is 13.5. The highest BCUT2D eigenvalue weighted by atomic mass is 79.9. The van der Waals surface area contributed by atoms with Gasteiger partial charge in [0, 0.05) is 22.6 Å². The van der Waals surface area contributed by atoms with Gasteiger partial charge < -0.3 is 5.11 Å². The number of hydrogen-bond acceptors (Lipinski definition) is 2. The zero-order chi connectivity index (χ0) is 13.8. The lowest BCUT2D eigenvalue weighted by Crippen LogP contribution is -2.38. The highest BCUT2D eigenvalue weighted by Crippen LogP contribution is 2.30. The number of halogens is 1. The van der Waals surface area contributed by atoms with Crippen molar-refractivity contribution in [2.24, 2.45) is 0 Å². The van der Waals surface area contributed by atoms with Crippen LogP contribution in [0.5, 0.6) is 5.75 Å². The molecule has 0 aliphatic carbocycles. The molecule has 1 fully saturated rings. The molecule has 1 heterocycles. The molecule has 2 nitrogen and oxygen atoms in total. The molecule has 1 aliphatic heterocycles. The maximum Gasteiger partial charge on any atom is 0.123 e. The number of rotatable bonds is 4. The van der Waals surface area contributed by atoms with E-state index in [1.54, 1.807) is 0 Å². The van der Waals surface area contributed by atoms with Crippen molar-refractivity contribution in [2.45, 2.75) is 58.5 Å². The Labute approximate surface area is 124 Å². The van der Waals surface area contributed by atoms with Crippen molar-refractivity contribution < 1.29 is 5.11 Å². The molecular formula is C16H24BrNO. The van der Waals surface area contributed by atoms with E-state index in [2.05, 4.69) is 33.8 Å². The zero-order valence-electron chi connectivity index (χ0n) is 12.0. The largest absolute Gasteiger partial charge is 0.507 e. The summed E-state index contributed by atoms with van der Waals surface area (Å²) in [5.41, 5.74) is 2.00. The van der Waals surface area contributed by atoms with Gasteiger partial charge in [0.05, 0.1) is 0 Å². The number of phenols is 1. The minimum atomic E-state index is 0.462. The fraction of sp³-hybridized carbons (Fsp3) is 0.625. The second-order valence-electron chi connectivity index (χ2n) is 5.64. The van der Waals surface area contributed by atoms with Crippen molar-refractivity contribution in [3.8, 4) is 5.75 Å². The maximum absolute atomic E-state index is 10.2. The number of aryl methyl sites for hydroxylation is 1. The van der Waals surface area contributed by atoms with E-state index >= 15 is 0 Å². The van der Waals surface area contributed by atoms with Crippen LogP contribution < -0.4 is 0 Å². The summed E-state index contributed by atoms with van der Waals surface area (Å²) in [7, 11) is 0. The van der Waals surface area contributed by atoms with Crippen molar-refractivity contribution in [1.82, 2.24) is 4.90 Å². The Morgan fingerprint density at radius 1 is 1.37 bits per heavy atom. The van der Waals surface area contributed by atoms with Gasteiger partial charge in [0.25, 0.3) is 0 Å². The normalized spacial score (nSPS) is 20.7. The maximum atomic E-state index is 10.2. The van der Waals surface area contributed by atoms with Crippen molar-refractivity contribution >= 4 is 15.9 Å². The SMILES string of the molecule is CCCC1CCCCN1Cc1cc(Br)cc(C)c1O. The highest BCUT2D eigenvalue weighted by molar-refractivity contribution is 9.10. The van der Waals surface area contributed by atoms with Gasteiger partial charge in [-0.2, -0.15) is 0 Å². The van der Waals surface area contributed by atoms with Crippen molar-refractivity contribution in [3.63, 3.8) is 0 Å². The van der Waals surface area contributed by atoms with Gasteiger partial charge in [0.15, 0.2) is 0 Å². The van der Waals surface area contributed by atoms with Crippen LogP contribution in [0.1, 0.15) is 50.2 Å². The molecular weight excluding hydrogens is 302 g/mol. The first-order valence-corrected chi connectivity index (χ1v) is 8.13. The Kier molecular flexibility index (Phi) is 5.28. The van der Waals surface area contributed by atoms with Gasteiger partial charge in [-0.25, -0.2) is 0 Å². The number of phenolic OH excluding ortho intramolecular Hbond substituents is 1. The van der Waals surface area contributed by atoms with E-state index in [-0.39, 0.29) is 0 Å². The highest BCUT2D eigenvalue weighted by Gasteiger charge is 2.22. The first kappa shape index (κ1) is 14.9. The van der Waals surface area contributed by atoms with Gasteiger partial charge in [0.1, 0.15) is 5.75 Å². The van der Waals surface area contributed by atoms with E-state index in [9.17, 15) is 5.11 Å². The molecule has 1 saturated heterocycles. The number of likely N-dealkylation sites (tertiary alicyclic amines) is 1. The van der Waals surface area contributed by atoms with E-state index in [4.69, 9.17) is 0 Å². The molecule has 1 aromatic rings. The smallest absolute Gasteiger partial charge is 0.123 e. The van der Waals surface area contributed by atoms with Crippen molar-refractivity contribution in [3.05, 3.63) is 27.7 Å². The Bertz CT molecular complexity index is 431. The summed E-state index contributed by atoms with van der Waals surface area (Å²) in [5.74, 6) is 0.462. The number of nitrogens with zero attached hydrogens (tertiary/aromatic N) is 1. The third-order valence-electron chi connectivity index (χ3n) is 4.09. The quantitative estimate of drug-likeness (QED) is 0.873. The molecule has 0 bridgehead atoms. The predicted molar refractivity (Wildman–Crippen MR) is 83.5 cm³/mol. The first-order valence-electron chi connectivity index (χ1n) is 7.34. The lowest BCUT2D eigenvalue weighted by atomic mass is 9.97. The Hall–Kier alpha value is -0.540. The summed E-state index contributed by atoms with van der Waals surface area (Å²) in [6.07, 6.45) is 6.46. The van der Waals surface area contributed by atoms with Crippen molar-refractivity contribution in [1.29, 1.82) is 0 Å². The Morgan fingerprint density at radius 3 is 2.89 bits per heavy atom. The molecule has 0 saturated carbocycles. The predicted octanol–water partition coefficient (Wildman–Crippen LogP) is 4.62. The summed E-state index contributed by atoms with van der Waals surface area (Å²) in [5, 5.41) is 10.2. The molecule has 1 unspecified atom stereocenters. The molecule has 0 amide bonds. The van der Waals surface area contributed by atoms with E-state index in [1.165, 1.54) is 32.1 Å². The monoisotopic (exact) mass is 325 g/mol. The van der Waals surface area contributed by atoms with Crippen LogP contribution in [0.15, 0.2) is 16.6 Å². The third kappa shape index (κ3) is 3.73. The number of piperidine rings is 1. The molecule has 1 N–H and O–H groups in total. The second-order valence-corrected chi connectivity index (χ2v) is 6.55. The second kappa shape index (κ2) is 6.76. The van der Waals surface area contributed by atoms with Gasteiger partial charge in [-0.1, -0.05) is 35.7 Å². The molecule has 0 radical (unpaired) electrons. The summed E-state index contributed by atoms with van der Waals surface area (Å²) >= 11 is 3.53. The third-order valence-corrected chi connectivity index (χ3v) is 4.55. The van der Waals surface area contributed by atoms with Crippen LogP contribution in [-0.2, 0) is 6.54 Å². The van der Waals surface area contributed by atoms with Crippen LogP contribution in [0.25, 0.3) is 0 Å². The average molecular weight is 326 g/mol. The van der Waals surface area contributed by atoms with Crippen LogP contribution in [0.3, 0.4) is 0 Å².